The van der Waals surface area contributed by atoms with E-state index in [1.54, 1.807) is 0 Å². The van der Waals surface area contributed by atoms with Crippen molar-refractivity contribution < 1.29 is 0 Å². The Morgan fingerprint density at radius 2 is 1.56 bits per heavy atom. The Bertz CT molecular complexity index is 198. The summed E-state index contributed by atoms with van der Waals surface area (Å²) >= 11 is 0. The topological polar surface area (TPSA) is 12.0 Å². The molecule has 18 heavy (non-hydrogen) atoms. The zero-order valence-corrected chi connectivity index (χ0v) is 13.1. The van der Waals surface area contributed by atoms with E-state index in [4.69, 9.17) is 0 Å². The lowest BCUT2D eigenvalue weighted by molar-refractivity contribution is 0.282. The van der Waals surface area contributed by atoms with Crippen LogP contribution >= 0.6 is 0 Å². The average molecular weight is 253 g/mol. The molecule has 0 aromatic carbocycles. The van der Waals surface area contributed by atoms with Crippen molar-refractivity contribution in [2.24, 2.45) is 5.41 Å². The number of unbranched alkanes of at least 4 members (excludes halogenated alkanes) is 7. The quantitative estimate of drug-likeness (QED) is 0.521. The van der Waals surface area contributed by atoms with Gasteiger partial charge in [-0.05, 0) is 31.2 Å². The summed E-state index contributed by atoms with van der Waals surface area (Å²) in [6.07, 6.45) is 15.6. The van der Waals surface area contributed by atoms with Crippen LogP contribution in [0.1, 0.15) is 91.4 Å². The molecule has 0 aliphatic heterocycles. The molecule has 1 nitrogen and oxygen atoms in total. The van der Waals surface area contributed by atoms with E-state index < -0.39 is 0 Å². The van der Waals surface area contributed by atoms with E-state index in [0.717, 1.165) is 6.04 Å². The molecular weight excluding hydrogens is 218 g/mol. The van der Waals surface area contributed by atoms with E-state index in [1.807, 2.05) is 0 Å². The minimum atomic E-state index is 0.542. The molecule has 1 unspecified atom stereocenters. The third-order valence-corrected chi connectivity index (χ3v) is 4.68. The van der Waals surface area contributed by atoms with Gasteiger partial charge < -0.3 is 5.32 Å². The lowest BCUT2D eigenvalue weighted by atomic mass is 9.87. The van der Waals surface area contributed by atoms with Crippen LogP contribution < -0.4 is 5.32 Å². The molecule has 0 aromatic rings. The molecule has 1 rings (SSSR count). The normalized spacial score (nSPS) is 22.5. The Morgan fingerprint density at radius 1 is 0.944 bits per heavy atom. The number of nitrogens with one attached hydrogen (secondary N) is 1. The minimum absolute atomic E-state index is 0.542. The van der Waals surface area contributed by atoms with Crippen LogP contribution in [0.4, 0.5) is 0 Å². The maximum Gasteiger partial charge on any atom is 0.0118 e. The van der Waals surface area contributed by atoms with Crippen molar-refractivity contribution in [3.05, 3.63) is 0 Å². The predicted molar refractivity (Wildman–Crippen MR) is 82.0 cm³/mol. The number of hydrogen-bond donors (Lipinski definition) is 1. The Labute approximate surface area is 115 Å². The molecule has 0 spiro atoms. The fourth-order valence-corrected chi connectivity index (χ4v) is 3.24. The first-order valence-electron chi connectivity index (χ1n) is 8.40. The molecule has 1 aliphatic carbocycles. The molecule has 1 saturated carbocycles. The van der Waals surface area contributed by atoms with E-state index >= 15 is 0 Å². The van der Waals surface area contributed by atoms with Gasteiger partial charge in [-0.1, -0.05) is 72.1 Å². The Kier molecular flexibility index (Phi) is 7.97. The first-order valence-corrected chi connectivity index (χ1v) is 8.40. The van der Waals surface area contributed by atoms with Gasteiger partial charge in [0.15, 0.2) is 0 Å². The Morgan fingerprint density at radius 3 is 2.11 bits per heavy atom. The smallest absolute Gasteiger partial charge is 0.0118 e. The Balaban J connectivity index is 1.87. The predicted octanol–water partition coefficient (Wildman–Crippen LogP) is 5.30. The van der Waals surface area contributed by atoms with Gasteiger partial charge >= 0.3 is 0 Å². The first kappa shape index (κ1) is 16.0. The van der Waals surface area contributed by atoms with Crippen molar-refractivity contribution >= 4 is 0 Å². The maximum absolute atomic E-state index is 3.78. The van der Waals surface area contributed by atoms with Gasteiger partial charge in [-0.2, -0.15) is 0 Å². The van der Waals surface area contributed by atoms with Gasteiger partial charge in [-0.3, -0.25) is 0 Å². The molecule has 0 bridgehead atoms. The highest BCUT2D eigenvalue weighted by Gasteiger charge is 2.33. The van der Waals surface area contributed by atoms with Crippen LogP contribution in [-0.2, 0) is 0 Å². The molecule has 1 heteroatoms. The highest BCUT2D eigenvalue weighted by molar-refractivity contribution is 4.89. The van der Waals surface area contributed by atoms with E-state index in [2.05, 4.69) is 26.1 Å². The lowest BCUT2D eigenvalue weighted by Gasteiger charge is -2.28. The zero-order valence-electron chi connectivity index (χ0n) is 13.1. The second kappa shape index (κ2) is 8.96. The van der Waals surface area contributed by atoms with Crippen molar-refractivity contribution in [1.82, 2.24) is 5.32 Å². The molecule has 1 N–H and O–H groups in total. The van der Waals surface area contributed by atoms with Gasteiger partial charge in [-0.15, -0.1) is 0 Å². The maximum atomic E-state index is 3.78. The SMILES string of the molecule is CCCCCCCCCCNC1CCCC1(C)C. The third-order valence-electron chi connectivity index (χ3n) is 4.68. The van der Waals surface area contributed by atoms with Crippen molar-refractivity contribution in [3.63, 3.8) is 0 Å². The van der Waals surface area contributed by atoms with Crippen LogP contribution in [0.3, 0.4) is 0 Å². The number of rotatable bonds is 10. The van der Waals surface area contributed by atoms with Crippen LogP contribution in [0, 0.1) is 5.41 Å². The van der Waals surface area contributed by atoms with Gasteiger partial charge in [0.1, 0.15) is 0 Å². The van der Waals surface area contributed by atoms with E-state index in [0.29, 0.717) is 5.41 Å². The van der Waals surface area contributed by atoms with E-state index in [1.165, 1.54) is 77.2 Å². The molecule has 1 aliphatic rings. The van der Waals surface area contributed by atoms with Crippen LogP contribution in [0.5, 0.6) is 0 Å². The molecule has 0 saturated heterocycles. The molecule has 0 aromatic heterocycles. The fourth-order valence-electron chi connectivity index (χ4n) is 3.24. The first-order chi connectivity index (χ1) is 8.67. The second-order valence-corrected chi connectivity index (χ2v) is 6.86. The summed E-state index contributed by atoms with van der Waals surface area (Å²) in [6.45, 7) is 8.37. The van der Waals surface area contributed by atoms with Crippen molar-refractivity contribution in [3.8, 4) is 0 Å². The number of hydrogen-bond acceptors (Lipinski definition) is 1. The summed E-state index contributed by atoms with van der Waals surface area (Å²) in [6, 6.07) is 0.780. The molecule has 0 heterocycles. The van der Waals surface area contributed by atoms with Crippen molar-refractivity contribution in [2.75, 3.05) is 6.54 Å². The third kappa shape index (κ3) is 6.22. The summed E-state index contributed by atoms with van der Waals surface area (Å²) < 4.78 is 0. The van der Waals surface area contributed by atoms with Gasteiger partial charge in [-0.25, -0.2) is 0 Å². The molecule has 0 amide bonds. The summed E-state index contributed by atoms with van der Waals surface area (Å²) in [5, 5.41) is 3.78. The van der Waals surface area contributed by atoms with E-state index in [9.17, 15) is 0 Å². The van der Waals surface area contributed by atoms with Crippen LogP contribution in [0.15, 0.2) is 0 Å². The molecule has 0 radical (unpaired) electrons. The standard InChI is InChI=1S/C17H35N/c1-4-5-6-7-8-9-10-11-15-18-16-13-12-14-17(16,2)3/h16,18H,4-15H2,1-3H3. The molecule has 1 atom stereocenters. The monoisotopic (exact) mass is 253 g/mol. The van der Waals surface area contributed by atoms with Gasteiger partial charge in [0, 0.05) is 6.04 Å². The van der Waals surface area contributed by atoms with Gasteiger partial charge in [0.25, 0.3) is 0 Å². The summed E-state index contributed by atoms with van der Waals surface area (Å²) in [4.78, 5) is 0. The van der Waals surface area contributed by atoms with Crippen LogP contribution in [0.2, 0.25) is 0 Å². The lowest BCUT2D eigenvalue weighted by Crippen LogP contribution is -2.38. The van der Waals surface area contributed by atoms with Crippen LogP contribution in [0.25, 0.3) is 0 Å². The van der Waals surface area contributed by atoms with Gasteiger partial charge in [0.05, 0.1) is 0 Å². The molecule has 108 valence electrons. The average Bonchev–Trinajstić information content (AvgIpc) is 2.66. The summed E-state index contributed by atoms with van der Waals surface area (Å²) in [5.74, 6) is 0. The largest absolute Gasteiger partial charge is 0.313 e. The highest BCUT2D eigenvalue weighted by atomic mass is 14.9. The van der Waals surface area contributed by atoms with Crippen molar-refractivity contribution in [1.29, 1.82) is 0 Å². The van der Waals surface area contributed by atoms with Gasteiger partial charge in [0.2, 0.25) is 0 Å². The fraction of sp³-hybridized carbons (Fsp3) is 1.00. The minimum Gasteiger partial charge on any atom is -0.313 e. The second-order valence-electron chi connectivity index (χ2n) is 6.86. The molecular formula is C17H35N. The van der Waals surface area contributed by atoms with Crippen molar-refractivity contribution in [2.45, 2.75) is 97.4 Å². The Hall–Kier alpha value is -0.0400. The summed E-state index contributed by atoms with van der Waals surface area (Å²) in [5.41, 5.74) is 0.542. The molecule has 1 fully saturated rings. The van der Waals surface area contributed by atoms with E-state index in [-0.39, 0.29) is 0 Å². The zero-order chi connectivity index (χ0) is 13.3. The summed E-state index contributed by atoms with van der Waals surface area (Å²) in [7, 11) is 0. The highest BCUT2D eigenvalue weighted by Crippen LogP contribution is 2.37. The van der Waals surface area contributed by atoms with Crippen LogP contribution in [-0.4, -0.2) is 12.6 Å².